The van der Waals surface area contributed by atoms with E-state index in [1.807, 2.05) is 32.0 Å². The molecule has 25 heavy (non-hydrogen) atoms. The van der Waals surface area contributed by atoms with Crippen molar-refractivity contribution in [2.45, 2.75) is 40.2 Å². The lowest BCUT2D eigenvalue weighted by atomic mass is 10.0. The summed E-state index contributed by atoms with van der Waals surface area (Å²) in [4.78, 5) is 8.53. The molecule has 1 aromatic heterocycles. The summed E-state index contributed by atoms with van der Waals surface area (Å²) in [7, 11) is 1.73. The van der Waals surface area contributed by atoms with Gasteiger partial charge in [0.2, 0.25) is 5.89 Å². The molecule has 2 rings (SSSR count). The molecule has 0 aliphatic heterocycles. The van der Waals surface area contributed by atoms with Gasteiger partial charge in [-0.15, -0.1) is 0 Å². The van der Waals surface area contributed by atoms with Crippen molar-refractivity contribution >= 4 is 5.96 Å². The van der Waals surface area contributed by atoms with Gasteiger partial charge < -0.3 is 19.8 Å². The van der Waals surface area contributed by atoms with E-state index in [1.165, 1.54) is 5.56 Å². The van der Waals surface area contributed by atoms with Gasteiger partial charge in [-0.25, -0.2) is 4.98 Å². The number of nitrogens with one attached hydrogen (secondary N) is 2. The number of oxazole rings is 1. The molecule has 0 spiro atoms. The van der Waals surface area contributed by atoms with Crippen LogP contribution in [0.3, 0.4) is 0 Å². The van der Waals surface area contributed by atoms with Gasteiger partial charge in [-0.1, -0.05) is 32.0 Å². The number of ether oxygens (including phenoxy) is 1. The molecule has 1 heterocycles. The van der Waals surface area contributed by atoms with Gasteiger partial charge in [0.25, 0.3) is 0 Å². The van der Waals surface area contributed by atoms with Crippen LogP contribution in [0.15, 0.2) is 33.7 Å². The SMILES string of the molecule is CN=C(NCCOc1ccccc1C(C)C)NCc1nc(C)c(C)o1. The van der Waals surface area contributed by atoms with Gasteiger partial charge in [0.05, 0.1) is 18.8 Å². The number of benzene rings is 1. The average molecular weight is 344 g/mol. The fourth-order valence-electron chi connectivity index (χ4n) is 2.41. The summed E-state index contributed by atoms with van der Waals surface area (Å²) in [6.07, 6.45) is 0. The number of guanidine groups is 1. The van der Waals surface area contributed by atoms with E-state index in [1.54, 1.807) is 7.05 Å². The van der Waals surface area contributed by atoms with Crippen LogP contribution in [0.25, 0.3) is 0 Å². The molecule has 136 valence electrons. The van der Waals surface area contributed by atoms with Crippen molar-refractivity contribution in [2.75, 3.05) is 20.2 Å². The van der Waals surface area contributed by atoms with E-state index in [-0.39, 0.29) is 0 Å². The molecule has 0 unspecified atom stereocenters. The highest BCUT2D eigenvalue weighted by atomic mass is 16.5. The normalized spacial score (nSPS) is 11.7. The number of aromatic nitrogens is 1. The smallest absolute Gasteiger partial charge is 0.214 e. The summed E-state index contributed by atoms with van der Waals surface area (Å²) in [6.45, 7) is 9.87. The minimum Gasteiger partial charge on any atom is -0.491 e. The highest BCUT2D eigenvalue weighted by Gasteiger charge is 2.08. The van der Waals surface area contributed by atoms with Crippen molar-refractivity contribution in [2.24, 2.45) is 4.99 Å². The fraction of sp³-hybridized carbons (Fsp3) is 0.474. The van der Waals surface area contributed by atoms with Crippen molar-refractivity contribution in [3.63, 3.8) is 0 Å². The molecule has 0 saturated heterocycles. The average Bonchev–Trinajstić information content (AvgIpc) is 2.92. The lowest BCUT2D eigenvalue weighted by Gasteiger charge is -2.15. The maximum atomic E-state index is 5.90. The monoisotopic (exact) mass is 344 g/mol. The Morgan fingerprint density at radius 2 is 2.00 bits per heavy atom. The molecular weight excluding hydrogens is 316 g/mol. The third-order valence-electron chi connectivity index (χ3n) is 3.90. The Balaban J connectivity index is 1.76. The maximum absolute atomic E-state index is 5.90. The van der Waals surface area contributed by atoms with Crippen molar-refractivity contribution < 1.29 is 9.15 Å². The first-order valence-corrected chi connectivity index (χ1v) is 8.60. The number of aryl methyl sites for hydroxylation is 2. The van der Waals surface area contributed by atoms with Gasteiger partial charge in [-0.05, 0) is 31.4 Å². The highest BCUT2D eigenvalue weighted by molar-refractivity contribution is 5.79. The maximum Gasteiger partial charge on any atom is 0.214 e. The Bertz CT molecular complexity index is 688. The van der Waals surface area contributed by atoms with Crippen LogP contribution in [0.1, 0.15) is 42.7 Å². The van der Waals surface area contributed by atoms with E-state index in [0.717, 1.165) is 17.2 Å². The van der Waals surface area contributed by atoms with Crippen LogP contribution in [0.4, 0.5) is 0 Å². The topological polar surface area (TPSA) is 71.7 Å². The van der Waals surface area contributed by atoms with Gasteiger partial charge in [-0.3, -0.25) is 4.99 Å². The number of para-hydroxylation sites is 1. The van der Waals surface area contributed by atoms with E-state index in [0.29, 0.717) is 37.5 Å². The third-order valence-corrected chi connectivity index (χ3v) is 3.90. The van der Waals surface area contributed by atoms with Crippen LogP contribution in [-0.4, -0.2) is 31.1 Å². The molecule has 0 saturated carbocycles. The molecule has 0 fully saturated rings. The standard InChI is InChI=1S/C19H28N4O2/c1-13(2)16-8-6-7-9-17(16)24-11-10-21-19(20-5)22-12-18-23-14(3)15(4)25-18/h6-9,13H,10-12H2,1-5H3,(H2,20,21,22). The van der Waals surface area contributed by atoms with Crippen LogP contribution in [0.2, 0.25) is 0 Å². The molecule has 0 radical (unpaired) electrons. The summed E-state index contributed by atoms with van der Waals surface area (Å²) >= 11 is 0. The predicted molar refractivity (Wildman–Crippen MR) is 100 cm³/mol. The Morgan fingerprint density at radius 1 is 1.24 bits per heavy atom. The van der Waals surface area contributed by atoms with Crippen LogP contribution in [-0.2, 0) is 6.54 Å². The molecule has 0 bridgehead atoms. The van der Waals surface area contributed by atoms with Crippen molar-refractivity contribution in [3.05, 3.63) is 47.2 Å². The fourth-order valence-corrected chi connectivity index (χ4v) is 2.41. The van der Waals surface area contributed by atoms with Gasteiger partial charge in [0, 0.05) is 7.05 Å². The van der Waals surface area contributed by atoms with Gasteiger partial charge in [-0.2, -0.15) is 0 Å². The quantitative estimate of drug-likeness (QED) is 0.459. The molecule has 6 nitrogen and oxygen atoms in total. The van der Waals surface area contributed by atoms with Crippen LogP contribution in [0.5, 0.6) is 5.75 Å². The zero-order valence-corrected chi connectivity index (χ0v) is 15.7. The third kappa shape index (κ3) is 5.52. The van der Waals surface area contributed by atoms with E-state index < -0.39 is 0 Å². The molecule has 2 aromatic rings. The number of rotatable bonds is 7. The van der Waals surface area contributed by atoms with Crippen molar-refractivity contribution in [1.82, 2.24) is 15.6 Å². The summed E-state index contributed by atoms with van der Waals surface area (Å²) in [6, 6.07) is 8.15. The van der Waals surface area contributed by atoms with E-state index in [4.69, 9.17) is 9.15 Å². The Labute approximate surface area is 149 Å². The minimum absolute atomic E-state index is 0.436. The second-order valence-corrected chi connectivity index (χ2v) is 6.14. The summed E-state index contributed by atoms with van der Waals surface area (Å²) < 4.78 is 11.4. The van der Waals surface area contributed by atoms with Gasteiger partial charge in [0.15, 0.2) is 5.96 Å². The second kappa shape index (κ2) is 9.11. The van der Waals surface area contributed by atoms with Gasteiger partial charge in [0.1, 0.15) is 18.1 Å². The van der Waals surface area contributed by atoms with Crippen LogP contribution < -0.4 is 15.4 Å². The lowest BCUT2D eigenvalue weighted by Crippen LogP contribution is -2.39. The molecular formula is C19H28N4O2. The molecule has 0 amide bonds. The van der Waals surface area contributed by atoms with Gasteiger partial charge >= 0.3 is 0 Å². The molecule has 0 aliphatic carbocycles. The summed E-state index contributed by atoms with van der Waals surface area (Å²) in [5.41, 5.74) is 2.14. The number of nitrogens with zero attached hydrogens (tertiary/aromatic N) is 2. The zero-order valence-electron chi connectivity index (χ0n) is 15.7. The lowest BCUT2D eigenvalue weighted by molar-refractivity contribution is 0.317. The number of hydrogen-bond acceptors (Lipinski definition) is 4. The first-order valence-electron chi connectivity index (χ1n) is 8.60. The Hall–Kier alpha value is -2.50. The molecule has 0 aliphatic rings. The van der Waals surface area contributed by atoms with E-state index >= 15 is 0 Å². The molecule has 0 atom stereocenters. The molecule has 1 aromatic carbocycles. The minimum atomic E-state index is 0.436. The second-order valence-electron chi connectivity index (χ2n) is 6.14. The zero-order chi connectivity index (χ0) is 18.2. The predicted octanol–water partition coefficient (Wildman–Crippen LogP) is 3.16. The Morgan fingerprint density at radius 3 is 2.64 bits per heavy atom. The summed E-state index contributed by atoms with van der Waals surface area (Å²) in [5, 5.41) is 6.41. The number of aliphatic imine (C=N–C) groups is 1. The van der Waals surface area contributed by atoms with E-state index in [2.05, 4.69) is 40.5 Å². The number of hydrogen-bond donors (Lipinski definition) is 2. The summed E-state index contributed by atoms with van der Waals surface area (Å²) in [5.74, 6) is 3.56. The Kier molecular flexibility index (Phi) is 6.86. The first-order chi connectivity index (χ1) is 12.0. The molecule has 2 N–H and O–H groups in total. The largest absolute Gasteiger partial charge is 0.491 e. The highest BCUT2D eigenvalue weighted by Crippen LogP contribution is 2.25. The first kappa shape index (κ1) is 18.8. The van der Waals surface area contributed by atoms with Crippen LogP contribution >= 0.6 is 0 Å². The van der Waals surface area contributed by atoms with Crippen LogP contribution in [0, 0.1) is 13.8 Å². The van der Waals surface area contributed by atoms with Crippen molar-refractivity contribution in [1.29, 1.82) is 0 Å². The van der Waals surface area contributed by atoms with Crippen molar-refractivity contribution in [3.8, 4) is 5.75 Å². The van der Waals surface area contributed by atoms with E-state index in [9.17, 15) is 0 Å². The molecule has 6 heteroatoms.